The molecule has 0 fully saturated rings. The average molecular weight is 297 g/mol. The zero-order chi connectivity index (χ0) is 15.5. The number of fused-ring (bicyclic) bond motifs is 1. The van der Waals surface area contributed by atoms with Gasteiger partial charge < -0.3 is 10.1 Å². The van der Waals surface area contributed by atoms with Crippen LogP contribution in [0.5, 0.6) is 5.75 Å². The molecule has 1 unspecified atom stereocenters. The molecule has 3 aromatic rings. The van der Waals surface area contributed by atoms with Crippen LogP contribution in [0.3, 0.4) is 0 Å². The van der Waals surface area contributed by atoms with Crippen LogP contribution in [0.25, 0.3) is 16.7 Å². The Morgan fingerprint density at radius 1 is 1.23 bits per heavy atom. The molecule has 0 saturated heterocycles. The summed E-state index contributed by atoms with van der Waals surface area (Å²) in [5, 5.41) is 8.76. The third-order valence-corrected chi connectivity index (χ3v) is 3.68. The summed E-state index contributed by atoms with van der Waals surface area (Å²) in [5.74, 6) is 1.63. The van der Waals surface area contributed by atoms with Gasteiger partial charge in [-0.1, -0.05) is 6.92 Å². The molecular weight excluding hydrogens is 278 g/mol. The Balaban J connectivity index is 2.02. The lowest BCUT2D eigenvalue weighted by Gasteiger charge is -2.12. The lowest BCUT2D eigenvalue weighted by Crippen LogP contribution is -2.14. The predicted octanol–water partition coefficient (Wildman–Crippen LogP) is 3.03. The van der Waals surface area contributed by atoms with Crippen molar-refractivity contribution in [2.45, 2.75) is 26.3 Å². The van der Waals surface area contributed by atoms with Crippen LogP contribution in [0, 0.1) is 0 Å². The predicted molar refractivity (Wildman–Crippen MR) is 86.6 cm³/mol. The molecule has 0 aliphatic carbocycles. The molecule has 22 heavy (non-hydrogen) atoms. The molecule has 6 heteroatoms. The van der Waals surface area contributed by atoms with Crippen LogP contribution in [-0.4, -0.2) is 32.9 Å². The second-order valence-electron chi connectivity index (χ2n) is 5.17. The third kappa shape index (κ3) is 2.59. The Morgan fingerprint density at radius 2 is 2.00 bits per heavy atom. The Kier molecular flexibility index (Phi) is 3.91. The van der Waals surface area contributed by atoms with Crippen molar-refractivity contribution in [1.29, 1.82) is 0 Å². The fraction of sp³-hybridized carbons (Fsp3) is 0.312. The van der Waals surface area contributed by atoms with Gasteiger partial charge in [0.15, 0.2) is 5.65 Å². The largest absolute Gasteiger partial charge is 0.497 e. The average Bonchev–Trinajstić information content (AvgIpc) is 3.00. The lowest BCUT2D eigenvalue weighted by atomic mass is 10.2. The molecule has 1 atom stereocenters. The maximum atomic E-state index is 5.18. The van der Waals surface area contributed by atoms with Crippen LogP contribution in [0.15, 0.2) is 36.8 Å². The number of hydrogen-bond acceptors (Lipinski definition) is 5. The first-order valence-electron chi connectivity index (χ1n) is 7.32. The first-order chi connectivity index (χ1) is 10.7. The monoisotopic (exact) mass is 297 g/mol. The van der Waals surface area contributed by atoms with Crippen LogP contribution in [-0.2, 0) is 0 Å². The standard InChI is InChI=1S/C16H19N5O/c1-4-11(2)20-15-14-9-19-21(16(14)18-10-17-15)12-5-7-13(22-3)8-6-12/h5-11H,4H2,1-3H3,(H,17,18,20). The van der Waals surface area contributed by atoms with Crippen LogP contribution in [0.2, 0.25) is 0 Å². The van der Waals surface area contributed by atoms with E-state index >= 15 is 0 Å². The van der Waals surface area contributed by atoms with Gasteiger partial charge in [-0.25, -0.2) is 14.6 Å². The highest BCUT2D eigenvalue weighted by atomic mass is 16.5. The third-order valence-electron chi connectivity index (χ3n) is 3.68. The maximum absolute atomic E-state index is 5.18. The zero-order valence-electron chi connectivity index (χ0n) is 12.9. The second-order valence-corrected chi connectivity index (χ2v) is 5.17. The molecule has 1 aromatic carbocycles. The van der Waals surface area contributed by atoms with E-state index in [-0.39, 0.29) is 0 Å². The van der Waals surface area contributed by atoms with E-state index in [9.17, 15) is 0 Å². The minimum absolute atomic E-state index is 0.349. The molecule has 0 saturated carbocycles. The van der Waals surface area contributed by atoms with E-state index in [0.29, 0.717) is 6.04 Å². The van der Waals surface area contributed by atoms with Crippen molar-refractivity contribution in [1.82, 2.24) is 19.7 Å². The molecule has 1 N–H and O–H groups in total. The summed E-state index contributed by atoms with van der Waals surface area (Å²) in [4.78, 5) is 8.71. The van der Waals surface area contributed by atoms with Crippen LogP contribution in [0.1, 0.15) is 20.3 Å². The van der Waals surface area contributed by atoms with E-state index in [2.05, 4.69) is 34.2 Å². The number of methoxy groups -OCH3 is 1. The van der Waals surface area contributed by atoms with E-state index in [0.717, 1.165) is 34.7 Å². The normalized spacial score (nSPS) is 12.3. The molecule has 0 aliphatic heterocycles. The smallest absolute Gasteiger partial charge is 0.168 e. The molecule has 0 aliphatic rings. The summed E-state index contributed by atoms with van der Waals surface area (Å²) in [6.07, 6.45) is 4.39. The molecule has 3 rings (SSSR count). The van der Waals surface area contributed by atoms with Gasteiger partial charge in [0.25, 0.3) is 0 Å². The van der Waals surface area contributed by atoms with Crippen molar-refractivity contribution in [3.05, 3.63) is 36.8 Å². The topological polar surface area (TPSA) is 64.9 Å². The van der Waals surface area contributed by atoms with E-state index in [1.807, 2.05) is 24.3 Å². The van der Waals surface area contributed by atoms with Gasteiger partial charge >= 0.3 is 0 Å². The van der Waals surface area contributed by atoms with Gasteiger partial charge in [-0.2, -0.15) is 5.10 Å². The number of ether oxygens (including phenoxy) is 1. The number of rotatable bonds is 5. The van der Waals surface area contributed by atoms with Crippen LogP contribution < -0.4 is 10.1 Å². The SMILES string of the molecule is CCC(C)Nc1ncnc2c1cnn2-c1ccc(OC)cc1. The number of benzene rings is 1. The number of hydrogen-bond donors (Lipinski definition) is 1. The quantitative estimate of drug-likeness (QED) is 0.784. The summed E-state index contributed by atoms with van der Waals surface area (Å²) in [6.45, 7) is 4.26. The Morgan fingerprint density at radius 3 is 2.68 bits per heavy atom. The maximum Gasteiger partial charge on any atom is 0.168 e. The Labute approximate surface area is 129 Å². The second kappa shape index (κ2) is 6.01. The van der Waals surface area contributed by atoms with Gasteiger partial charge in [0, 0.05) is 6.04 Å². The lowest BCUT2D eigenvalue weighted by molar-refractivity contribution is 0.414. The molecule has 0 radical (unpaired) electrons. The summed E-state index contributed by atoms with van der Waals surface area (Å²) in [6, 6.07) is 8.07. The van der Waals surface area contributed by atoms with Crippen molar-refractivity contribution in [2.24, 2.45) is 0 Å². The zero-order valence-corrected chi connectivity index (χ0v) is 12.9. The number of nitrogens with zero attached hydrogens (tertiary/aromatic N) is 4. The number of anilines is 1. The molecule has 2 aromatic heterocycles. The van der Waals surface area contributed by atoms with E-state index in [1.54, 1.807) is 24.3 Å². The van der Waals surface area contributed by atoms with Gasteiger partial charge in [0.2, 0.25) is 0 Å². The van der Waals surface area contributed by atoms with Gasteiger partial charge in [0.05, 0.1) is 24.4 Å². The molecule has 0 spiro atoms. The highest BCUT2D eigenvalue weighted by molar-refractivity contribution is 5.87. The Hall–Kier alpha value is -2.63. The van der Waals surface area contributed by atoms with Gasteiger partial charge in [-0.05, 0) is 37.6 Å². The first-order valence-corrected chi connectivity index (χ1v) is 7.32. The molecule has 2 heterocycles. The summed E-state index contributed by atoms with van der Waals surface area (Å²) >= 11 is 0. The number of aromatic nitrogens is 4. The summed E-state index contributed by atoms with van der Waals surface area (Å²) < 4.78 is 6.99. The molecule has 114 valence electrons. The van der Waals surface area contributed by atoms with Crippen LogP contribution >= 0.6 is 0 Å². The summed E-state index contributed by atoms with van der Waals surface area (Å²) in [5.41, 5.74) is 1.72. The molecule has 0 bridgehead atoms. The molecular formula is C16H19N5O. The highest BCUT2D eigenvalue weighted by Gasteiger charge is 2.12. The minimum Gasteiger partial charge on any atom is -0.497 e. The van der Waals surface area contributed by atoms with Gasteiger partial charge in [0.1, 0.15) is 17.9 Å². The van der Waals surface area contributed by atoms with E-state index < -0.39 is 0 Å². The minimum atomic E-state index is 0.349. The van der Waals surface area contributed by atoms with Crippen molar-refractivity contribution in [2.75, 3.05) is 12.4 Å². The van der Waals surface area contributed by atoms with Gasteiger partial charge in [-0.3, -0.25) is 0 Å². The summed E-state index contributed by atoms with van der Waals surface area (Å²) in [7, 11) is 1.65. The fourth-order valence-corrected chi connectivity index (χ4v) is 2.21. The van der Waals surface area contributed by atoms with E-state index in [4.69, 9.17) is 4.74 Å². The van der Waals surface area contributed by atoms with Gasteiger partial charge in [-0.15, -0.1) is 0 Å². The Bertz CT molecular complexity index is 766. The molecule has 0 amide bonds. The fourth-order valence-electron chi connectivity index (χ4n) is 2.21. The number of nitrogens with one attached hydrogen (secondary N) is 1. The molecule has 6 nitrogen and oxygen atoms in total. The van der Waals surface area contributed by atoms with E-state index in [1.165, 1.54) is 0 Å². The van der Waals surface area contributed by atoms with Crippen LogP contribution in [0.4, 0.5) is 5.82 Å². The first kappa shape index (κ1) is 14.3. The van der Waals surface area contributed by atoms with Crippen molar-refractivity contribution >= 4 is 16.9 Å². The van der Waals surface area contributed by atoms with Crippen molar-refractivity contribution in [3.63, 3.8) is 0 Å². The van der Waals surface area contributed by atoms with Crippen molar-refractivity contribution in [3.8, 4) is 11.4 Å². The highest BCUT2D eigenvalue weighted by Crippen LogP contribution is 2.23. The van der Waals surface area contributed by atoms with Crippen molar-refractivity contribution < 1.29 is 4.74 Å².